The zero-order chi connectivity index (χ0) is 19.4. The highest BCUT2D eigenvalue weighted by atomic mass is 16.6. The van der Waals surface area contributed by atoms with Crippen molar-refractivity contribution in [1.29, 1.82) is 0 Å². The highest BCUT2D eigenvalue weighted by Gasteiger charge is 2.17. The molecule has 0 radical (unpaired) electrons. The van der Waals surface area contributed by atoms with Gasteiger partial charge in [-0.1, -0.05) is 24.3 Å². The van der Waals surface area contributed by atoms with Gasteiger partial charge >= 0.3 is 0 Å². The fourth-order valence-electron chi connectivity index (χ4n) is 2.46. The van der Waals surface area contributed by atoms with E-state index >= 15 is 0 Å². The van der Waals surface area contributed by atoms with Gasteiger partial charge in [0.05, 0.1) is 15.4 Å². The Kier molecular flexibility index (Phi) is 4.89. The summed E-state index contributed by atoms with van der Waals surface area (Å²) in [6.07, 6.45) is 2.63. The molecule has 0 spiro atoms. The minimum atomic E-state index is -0.577. The first kappa shape index (κ1) is 17.7. The Bertz CT molecular complexity index is 1070. The van der Waals surface area contributed by atoms with Crippen LogP contribution in [0, 0.1) is 20.2 Å². The second-order valence-corrected chi connectivity index (χ2v) is 5.48. The first-order chi connectivity index (χ1) is 13.0. The van der Waals surface area contributed by atoms with Crippen LogP contribution in [-0.2, 0) is 0 Å². The third kappa shape index (κ3) is 3.96. The van der Waals surface area contributed by atoms with Gasteiger partial charge in [0.1, 0.15) is 11.5 Å². The number of para-hydroxylation sites is 1. The van der Waals surface area contributed by atoms with E-state index in [9.17, 15) is 25.0 Å². The molecule has 27 heavy (non-hydrogen) atoms. The molecule has 1 aromatic heterocycles. The number of nitro groups is 2. The topological polar surface area (TPSA) is 116 Å². The van der Waals surface area contributed by atoms with Crippen molar-refractivity contribution in [2.45, 2.75) is 0 Å². The zero-order valence-corrected chi connectivity index (χ0v) is 13.8. The van der Waals surface area contributed by atoms with E-state index in [4.69, 9.17) is 4.42 Å². The van der Waals surface area contributed by atoms with Gasteiger partial charge in [-0.05, 0) is 30.4 Å². The van der Waals surface area contributed by atoms with Crippen molar-refractivity contribution in [3.63, 3.8) is 0 Å². The molecule has 0 aliphatic rings. The number of rotatable bonds is 6. The molecule has 134 valence electrons. The summed E-state index contributed by atoms with van der Waals surface area (Å²) in [6, 6.07) is 14.7. The number of hydrogen-bond donors (Lipinski definition) is 0. The van der Waals surface area contributed by atoms with Crippen molar-refractivity contribution in [3.8, 4) is 11.3 Å². The number of carbonyl (C=O) groups is 1. The molecular formula is C19H12N2O6. The Morgan fingerprint density at radius 1 is 0.926 bits per heavy atom. The molecule has 0 atom stereocenters. The van der Waals surface area contributed by atoms with Gasteiger partial charge in [0, 0.05) is 23.8 Å². The van der Waals surface area contributed by atoms with Gasteiger partial charge < -0.3 is 4.42 Å². The van der Waals surface area contributed by atoms with E-state index in [1.807, 2.05) is 0 Å². The maximum absolute atomic E-state index is 12.2. The second-order valence-electron chi connectivity index (χ2n) is 5.48. The summed E-state index contributed by atoms with van der Waals surface area (Å²) in [6.45, 7) is 0. The molecule has 0 N–H and O–H groups in total. The van der Waals surface area contributed by atoms with Crippen LogP contribution in [0.25, 0.3) is 17.4 Å². The predicted octanol–water partition coefficient (Wildman–Crippen LogP) is 4.66. The lowest BCUT2D eigenvalue weighted by Crippen LogP contribution is -1.96. The summed E-state index contributed by atoms with van der Waals surface area (Å²) >= 11 is 0. The SMILES string of the molecule is O=C(C=Cc1ccc(-c2ccccc2[N+](=O)[O-])o1)c1cccc([N+](=O)[O-])c1. The Labute approximate surface area is 152 Å². The van der Waals surface area contributed by atoms with Crippen LogP contribution >= 0.6 is 0 Å². The van der Waals surface area contributed by atoms with E-state index in [2.05, 4.69) is 0 Å². The van der Waals surface area contributed by atoms with Crippen molar-refractivity contribution >= 4 is 23.2 Å². The molecule has 3 aromatic rings. The normalized spacial score (nSPS) is 10.8. The summed E-state index contributed by atoms with van der Waals surface area (Å²) in [5.74, 6) is 0.189. The fourth-order valence-corrected chi connectivity index (χ4v) is 2.46. The molecule has 0 aliphatic heterocycles. The molecule has 0 saturated carbocycles. The Hall–Kier alpha value is -4.07. The van der Waals surface area contributed by atoms with Crippen LogP contribution < -0.4 is 0 Å². The quantitative estimate of drug-likeness (QED) is 0.272. The Morgan fingerprint density at radius 3 is 2.44 bits per heavy atom. The van der Waals surface area contributed by atoms with E-state index in [-0.39, 0.29) is 16.9 Å². The van der Waals surface area contributed by atoms with Crippen LogP contribution in [0.5, 0.6) is 0 Å². The number of carbonyl (C=O) groups excluding carboxylic acids is 1. The van der Waals surface area contributed by atoms with Crippen LogP contribution in [0.15, 0.2) is 71.2 Å². The maximum Gasteiger partial charge on any atom is 0.280 e. The average Bonchev–Trinajstić information content (AvgIpc) is 3.15. The van der Waals surface area contributed by atoms with Crippen molar-refractivity contribution in [2.24, 2.45) is 0 Å². The standard InChI is InChI=1S/C19H12N2O6/c22-18(13-4-3-5-14(12-13)20(23)24)10-8-15-9-11-19(27-15)16-6-1-2-7-17(16)21(25)26/h1-12H. The van der Waals surface area contributed by atoms with Gasteiger partial charge in [-0.2, -0.15) is 0 Å². The van der Waals surface area contributed by atoms with Crippen LogP contribution in [-0.4, -0.2) is 15.6 Å². The first-order valence-corrected chi connectivity index (χ1v) is 7.76. The zero-order valence-electron chi connectivity index (χ0n) is 13.8. The highest BCUT2D eigenvalue weighted by Crippen LogP contribution is 2.31. The van der Waals surface area contributed by atoms with E-state index in [0.717, 1.165) is 0 Å². The number of non-ortho nitro benzene ring substituents is 1. The Balaban J connectivity index is 1.82. The van der Waals surface area contributed by atoms with Gasteiger partial charge in [0.15, 0.2) is 5.78 Å². The van der Waals surface area contributed by atoms with Crippen LogP contribution in [0.2, 0.25) is 0 Å². The van der Waals surface area contributed by atoms with Crippen molar-refractivity contribution < 1.29 is 19.1 Å². The highest BCUT2D eigenvalue weighted by molar-refractivity contribution is 6.07. The summed E-state index contributed by atoms with van der Waals surface area (Å²) in [5.41, 5.74) is 0.235. The third-order valence-electron chi connectivity index (χ3n) is 3.73. The van der Waals surface area contributed by atoms with Crippen LogP contribution in [0.1, 0.15) is 16.1 Å². The number of furan rings is 1. The summed E-state index contributed by atoms with van der Waals surface area (Å²) < 4.78 is 5.56. The second kappa shape index (κ2) is 7.44. The van der Waals surface area contributed by atoms with Gasteiger partial charge in [-0.3, -0.25) is 25.0 Å². The first-order valence-electron chi connectivity index (χ1n) is 7.76. The average molecular weight is 364 g/mol. The molecule has 0 amide bonds. The summed E-state index contributed by atoms with van der Waals surface area (Å²) in [5, 5.41) is 21.9. The molecule has 0 aliphatic carbocycles. The summed E-state index contributed by atoms with van der Waals surface area (Å²) in [4.78, 5) is 33.0. The maximum atomic E-state index is 12.2. The smallest absolute Gasteiger partial charge is 0.280 e. The number of nitro benzene ring substituents is 2. The molecular weight excluding hydrogens is 352 g/mol. The van der Waals surface area contributed by atoms with Gasteiger partial charge in [0.25, 0.3) is 11.4 Å². The van der Waals surface area contributed by atoms with E-state index in [1.165, 1.54) is 42.5 Å². The third-order valence-corrected chi connectivity index (χ3v) is 3.73. The minimum absolute atomic E-state index is 0.0879. The fraction of sp³-hybridized carbons (Fsp3) is 0. The monoisotopic (exact) mass is 364 g/mol. The number of ketones is 1. The molecule has 3 rings (SSSR count). The molecule has 0 saturated heterocycles. The lowest BCUT2D eigenvalue weighted by molar-refractivity contribution is -0.384. The molecule has 0 fully saturated rings. The van der Waals surface area contributed by atoms with E-state index in [0.29, 0.717) is 17.1 Å². The molecule has 2 aromatic carbocycles. The number of allylic oxidation sites excluding steroid dienone is 1. The molecule has 0 unspecified atom stereocenters. The lowest BCUT2D eigenvalue weighted by atomic mass is 10.1. The van der Waals surface area contributed by atoms with Gasteiger partial charge in [0.2, 0.25) is 0 Å². The molecule has 0 bridgehead atoms. The number of nitrogens with zero attached hydrogens (tertiary/aromatic N) is 2. The minimum Gasteiger partial charge on any atom is -0.456 e. The Morgan fingerprint density at radius 2 is 1.70 bits per heavy atom. The molecule has 1 heterocycles. The number of hydrogen-bond acceptors (Lipinski definition) is 6. The van der Waals surface area contributed by atoms with Crippen LogP contribution in [0.4, 0.5) is 11.4 Å². The largest absolute Gasteiger partial charge is 0.456 e. The molecule has 8 nitrogen and oxygen atoms in total. The predicted molar refractivity (Wildman–Crippen MR) is 97.3 cm³/mol. The van der Waals surface area contributed by atoms with Crippen molar-refractivity contribution in [3.05, 3.63) is 98.3 Å². The number of benzene rings is 2. The van der Waals surface area contributed by atoms with Crippen molar-refractivity contribution in [1.82, 2.24) is 0 Å². The van der Waals surface area contributed by atoms with Crippen molar-refractivity contribution in [2.75, 3.05) is 0 Å². The van der Waals surface area contributed by atoms with E-state index in [1.54, 1.807) is 30.3 Å². The van der Waals surface area contributed by atoms with Gasteiger partial charge in [-0.25, -0.2) is 0 Å². The molecule has 8 heteroatoms. The van der Waals surface area contributed by atoms with E-state index < -0.39 is 15.6 Å². The summed E-state index contributed by atoms with van der Waals surface area (Å²) in [7, 11) is 0. The lowest BCUT2D eigenvalue weighted by Gasteiger charge is -1.98. The van der Waals surface area contributed by atoms with Crippen LogP contribution in [0.3, 0.4) is 0 Å². The van der Waals surface area contributed by atoms with Gasteiger partial charge in [-0.15, -0.1) is 0 Å².